The van der Waals surface area contributed by atoms with Gasteiger partial charge < -0.3 is 33.6 Å². The lowest BCUT2D eigenvalue weighted by Crippen LogP contribution is -2.31. The van der Waals surface area contributed by atoms with Gasteiger partial charge in [0.1, 0.15) is 22.8 Å². The van der Waals surface area contributed by atoms with E-state index in [-0.39, 0.29) is 24.0 Å². The van der Waals surface area contributed by atoms with E-state index in [1.807, 2.05) is 41.0 Å². The van der Waals surface area contributed by atoms with Crippen molar-refractivity contribution < 1.29 is 28.9 Å². The third-order valence-corrected chi connectivity index (χ3v) is 11.7. The van der Waals surface area contributed by atoms with Crippen molar-refractivity contribution in [2.45, 2.75) is 51.0 Å². The Morgan fingerprint density at radius 1 is 1.04 bits per heavy atom. The number of carboxylic acid groups (broad SMARTS) is 1. The van der Waals surface area contributed by atoms with Crippen LogP contribution >= 0.6 is 23.2 Å². The van der Waals surface area contributed by atoms with E-state index in [2.05, 4.69) is 31.9 Å². The Hall–Kier alpha value is -4.97. The zero-order valence-corrected chi connectivity index (χ0v) is 32.6. The van der Waals surface area contributed by atoms with Crippen LogP contribution in [0.5, 0.6) is 11.8 Å². The van der Waals surface area contributed by atoms with Crippen LogP contribution in [-0.2, 0) is 24.3 Å². The molecular formula is C41H41Cl2N7O6. The number of β-amino-alcohol motifs (C(OH)–C–C–N with tert-alkyl or cyclic N) is 1. The number of aliphatic hydroxyl groups excluding tert-OH is 1. The number of rotatable bonds is 11. The number of nitrogens with zero attached hydrogens (tertiary/aromatic N) is 7. The highest BCUT2D eigenvalue weighted by molar-refractivity contribution is 6.36. The summed E-state index contributed by atoms with van der Waals surface area (Å²) in [4.78, 5) is 29.8. The zero-order valence-electron chi connectivity index (χ0n) is 31.0. The molecule has 3 aromatic heterocycles. The number of likely N-dealkylation sites (tertiary alicyclic amines) is 2. The Morgan fingerprint density at radius 2 is 1.82 bits per heavy atom. The van der Waals surface area contributed by atoms with Crippen LogP contribution in [0.25, 0.3) is 33.7 Å². The van der Waals surface area contributed by atoms with Crippen LogP contribution in [0.3, 0.4) is 0 Å². The number of benzene rings is 2. The molecule has 2 saturated heterocycles. The number of carboxylic acids is 1. The lowest BCUT2D eigenvalue weighted by molar-refractivity contribution is -0.141. The molecule has 2 N–H and O–H groups in total. The van der Waals surface area contributed by atoms with Crippen LogP contribution in [0, 0.1) is 17.2 Å². The second-order valence-electron chi connectivity index (χ2n) is 14.5. The molecule has 0 spiro atoms. The summed E-state index contributed by atoms with van der Waals surface area (Å²) in [6.45, 7) is 4.25. The van der Waals surface area contributed by atoms with Gasteiger partial charge in [0, 0.05) is 63.6 Å². The number of halogens is 2. The van der Waals surface area contributed by atoms with Gasteiger partial charge in [-0.05, 0) is 61.1 Å². The molecule has 5 heterocycles. The minimum Gasteiger partial charge on any atom is -0.481 e. The largest absolute Gasteiger partial charge is 0.481 e. The van der Waals surface area contributed by atoms with Gasteiger partial charge in [0.25, 0.3) is 0 Å². The van der Waals surface area contributed by atoms with Crippen molar-refractivity contribution in [1.82, 2.24) is 24.3 Å². The number of hydrogen-bond acceptors (Lipinski definition) is 11. The zero-order chi connectivity index (χ0) is 39.1. The predicted octanol–water partition coefficient (Wildman–Crippen LogP) is 6.12. The van der Waals surface area contributed by atoms with Gasteiger partial charge in [0.15, 0.2) is 16.6 Å². The predicted molar refractivity (Wildman–Crippen MR) is 210 cm³/mol. The summed E-state index contributed by atoms with van der Waals surface area (Å²) >= 11 is 14.0. The van der Waals surface area contributed by atoms with Crippen LogP contribution in [0.2, 0.25) is 10.0 Å². The molecule has 2 aliphatic heterocycles. The molecule has 0 bridgehead atoms. The maximum atomic E-state index is 11.5. The number of carbonyl (C=O) groups is 1. The Labute approximate surface area is 333 Å². The number of aliphatic carboxylic acids is 1. The molecule has 15 heteroatoms. The fourth-order valence-electron chi connectivity index (χ4n) is 8.25. The number of pyridine rings is 2. The second kappa shape index (κ2) is 15.9. The monoisotopic (exact) mass is 797 g/mol. The summed E-state index contributed by atoms with van der Waals surface area (Å²) in [5.74, 6) is -0.141. The van der Waals surface area contributed by atoms with Gasteiger partial charge in [0.05, 0.1) is 29.7 Å². The molecule has 0 saturated carbocycles. The first kappa shape index (κ1) is 37.9. The first-order valence-corrected chi connectivity index (χ1v) is 19.4. The average Bonchev–Trinajstić information content (AvgIpc) is 4.02. The van der Waals surface area contributed by atoms with E-state index in [0.29, 0.717) is 102 Å². The topological polar surface area (TPSA) is 162 Å². The molecule has 2 aromatic carbocycles. The Morgan fingerprint density at radius 3 is 2.55 bits per heavy atom. The van der Waals surface area contributed by atoms with Gasteiger partial charge in [-0.3, -0.25) is 14.7 Å². The third kappa shape index (κ3) is 7.24. The summed E-state index contributed by atoms with van der Waals surface area (Å²) in [7, 11) is 3.24. The van der Waals surface area contributed by atoms with Crippen molar-refractivity contribution in [3.63, 3.8) is 0 Å². The van der Waals surface area contributed by atoms with Crippen molar-refractivity contribution in [2.75, 3.05) is 46.9 Å². The smallest absolute Gasteiger partial charge is 0.307 e. The van der Waals surface area contributed by atoms with E-state index in [1.165, 1.54) is 0 Å². The molecule has 0 radical (unpaired) electrons. The first-order valence-electron chi connectivity index (χ1n) is 18.7. The molecule has 1 aliphatic carbocycles. The lowest BCUT2D eigenvalue weighted by atomic mass is 9.95. The normalized spacial score (nSPS) is 20.1. The Bertz CT molecular complexity index is 2440. The van der Waals surface area contributed by atoms with Crippen molar-refractivity contribution >= 4 is 40.3 Å². The van der Waals surface area contributed by atoms with Crippen LogP contribution in [-0.4, -0.2) is 93.5 Å². The summed E-state index contributed by atoms with van der Waals surface area (Å²) in [5, 5.41) is 30.4. The second-order valence-corrected chi connectivity index (χ2v) is 15.3. The SMILES string of the molecule is C/N=c1/c2nc(-c3cccc(-c4cccc5c4CC[C@@H]5Oc4nc(OC)c(CN5CC[C@@H](O)C5)cc4Cl)c3Cl)oc2c(C#N)cn1CCN1CC[C@@H](C(=O)O)C1. The number of aromatic nitrogens is 3. The Kier molecular flexibility index (Phi) is 10.8. The van der Waals surface area contributed by atoms with E-state index < -0.39 is 5.97 Å². The molecule has 0 unspecified atom stereocenters. The molecule has 2 fully saturated rings. The highest BCUT2D eigenvalue weighted by Gasteiger charge is 2.31. The molecule has 3 aliphatic rings. The number of aliphatic hydroxyl groups is 1. The number of methoxy groups -OCH3 is 1. The van der Waals surface area contributed by atoms with Crippen molar-refractivity contribution in [3.05, 3.63) is 86.4 Å². The summed E-state index contributed by atoms with van der Waals surface area (Å²) in [5.41, 5.74) is 6.92. The number of hydrogen-bond donors (Lipinski definition) is 2. The highest BCUT2D eigenvalue weighted by Crippen LogP contribution is 2.45. The molecule has 13 nitrogen and oxygen atoms in total. The maximum absolute atomic E-state index is 11.5. The molecule has 8 rings (SSSR count). The van der Waals surface area contributed by atoms with Crippen LogP contribution in [0.15, 0.2) is 58.1 Å². The van der Waals surface area contributed by atoms with E-state index in [4.69, 9.17) is 42.1 Å². The highest BCUT2D eigenvalue weighted by atomic mass is 35.5. The maximum Gasteiger partial charge on any atom is 0.307 e. The molecular weight excluding hydrogens is 757 g/mol. The number of ether oxygens (including phenoxy) is 2. The third-order valence-electron chi connectivity index (χ3n) is 11.1. The minimum atomic E-state index is -0.775. The molecule has 3 atom stereocenters. The number of nitriles is 1. The first-order chi connectivity index (χ1) is 27.1. The minimum absolute atomic E-state index is 0.266. The number of oxazole rings is 1. The Balaban J connectivity index is 1.07. The van der Waals surface area contributed by atoms with Gasteiger partial charge in [-0.2, -0.15) is 10.2 Å². The molecule has 0 amide bonds. The van der Waals surface area contributed by atoms with E-state index in [1.54, 1.807) is 20.4 Å². The van der Waals surface area contributed by atoms with Crippen molar-refractivity contribution in [2.24, 2.45) is 10.9 Å². The van der Waals surface area contributed by atoms with Gasteiger partial charge >= 0.3 is 5.97 Å². The van der Waals surface area contributed by atoms with E-state index in [0.717, 1.165) is 47.2 Å². The van der Waals surface area contributed by atoms with E-state index >= 15 is 0 Å². The lowest BCUT2D eigenvalue weighted by Gasteiger charge is -2.20. The van der Waals surface area contributed by atoms with Crippen molar-refractivity contribution in [1.29, 1.82) is 5.26 Å². The average molecular weight is 799 g/mol. The number of fused-ring (bicyclic) bond motifs is 2. The van der Waals surface area contributed by atoms with Crippen LogP contribution < -0.4 is 15.0 Å². The van der Waals surface area contributed by atoms with Gasteiger partial charge in [-0.1, -0.05) is 53.5 Å². The van der Waals surface area contributed by atoms with Crippen LogP contribution in [0.4, 0.5) is 0 Å². The van der Waals surface area contributed by atoms with E-state index in [9.17, 15) is 20.3 Å². The van der Waals surface area contributed by atoms with Gasteiger partial charge in [0.2, 0.25) is 17.7 Å². The van der Waals surface area contributed by atoms with Crippen molar-refractivity contribution in [3.8, 4) is 40.4 Å². The summed E-state index contributed by atoms with van der Waals surface area (Å²) in [6.07, 6.45) is 3.88. The summed E-state index contributed by atoms with van der Waals surface area (Å²) in [6, 6.07) is 15.9. The standard InChI is InChI=1S/C41H41Cl2N7O6/c1-45-37-35-36(25(18-44)21-50(37)16-15-48-13-11-23(19-48)41(52)53)56-39(46-35)31-8-4-7-30(34(31)43)27-5-3-6-29-28(27)9-10-33(29)55-40-32(42)17-24(38(47-40)54-2)20-49-14-12-26(51)22-49/h3-8,17,21,23,26,33,51H,9-16,19-20,22H2,1-2H3,(H,52,53)/b45-37-/t23-,26-,33+/m1/s1. The van der Waals surface area contributed by atoms with Gasteiger partial charge in [-0.25, -0.2) is 4.98 Å². The fourth-order valence-corrected chi connectivity index (χ4v) is 8.77. The van der Waals surface area contributed by atoms with Crippen LogP contribution in [0.1, 0.15) is 47.6 Å². The quantitative estimate of drug-likeness (QED) is 0.159. The fraction of sp³-hybridized carbons (Fsp3) is 0.390. The molecule has 56 heavy (non-hydrogen) atoms. The summed E-state index contributed by atoms with van der Waals surface area (Å²) < 4.78 is 20.3. The molecule has 5 aromatic rings. The molecule has 290 valence electrons. The van der Waals surface area contributed by atoms with Gasteiger partial charge in [-0.15, -0.1) is 0 Å².